The van der Waals surface area contributed by atoms with Crippen LogP contribution in [0.2, 0.25) is 0 Å². The molecule has 90 valence electrons. The second kappa shape index (κ2) is 8.99. The van der Waals surface area contributed by atoms with E-state index in [0.717, 1.165) is 6.54 Å². The normalized spacial score (nSPS) is 9.18. The second-order valence-corrected chi connectivity index (χ2v) is 3.11. The molecule has 5 nitrogen and oxygen atoms in total. The molecule has 17 heavy (non-hydrogen) atoms. The van der Waals surface area contributed by atoms with Crippen LogP contribution in [0.15, 0.2) is 23.9 Å². The fraction of sp³-hybridized carbons (Fsp3) is 0.417. The maximum Gasteiger partial charge on any atom is 0.302 e. The number of allylic oxidation sites excluding steroid dienone is 3. The van der Waals surface area contributed by atoms with E-state index >= 15 is 0 Å². The highest BCUT2D eigenvalue weighted by molar-refractivity contribution is 5.65. The third-order valence-electron chi connectivity index (χ3n) is 1.89. The Labute approximate surface area is 101 Å². The SMILES string of the molecule is CCN(/C=C/C=C(C#N)C#N)CCOC(C)=O. The number of nitrogens with zero attached hydrogens (tertiary/aromatic N) is 3. The quantitative estimate of drug-likeness (QED) is 0.393. The Morgan fingerprint density at radius 3 is 2.53 bits per heavy atom. The lowest BCUT2D eigenvalue weighted by molar-refractivity contribution is -0.141. The standard InChI is InChI=1S/C12H15N3O2/c1-3-15(7-8-17-11(2)16)6-4-5-12(9-13)10-14/h4-6H,3,7-8H2,1-2H3/b6-4+. The largest absolute Gasteiger partial charge is 0.464 e. The zero-order valence-electron chi connectivity index (χ0n) is 10.0. The number of nitriles is 2. The smallest absolute Gasteiger partial charge is 0.302 e. The molecule has 0 bridgehead atoms. The molecule has 0 aliphatic heterocycles. The highest BCUT2D eigenvalue weighted by atomic mass is 16.5. The van der Waals surface area contributed by atoms with E-state index in [9.17, 15) is 4.79 Å². The molecule has 0 aliphatic rings. The van der Waals surface area contributed by atoms with E-state index in [0.29, 0.717) is 13.2 Å². The Hall–Kier alpha value is -2.27. The second-order valence-electron chi connectivity index (χ2n) is 3.11. The number of hydrogen-bond donors (Lipinski definition) is 0. The molecule has 0 spiro atoms. The zero-order chi connectivity index (χ0) is 13.1. The first kappa shape index (κ1) is 14.7. The summed E-state index contributed by atoms with van der Waals surface area (Å²) < 4.78 is 4.81. The molecule has 0 amide bonds. The molecule has 0 atom stereocenters. The molecule has 0 saturated carbocycles. The maximum absolute atomic E-state index is 10.6. The molecule has 0 saturated heterocycles. The highest BCUT2D eigenvalue weighted by Crippen LogP contribution is 1.94. The molecule has 0 aromatic carbocycles. The van der Waals surface area contributed by atoms with Gasteiger partial charge in [-0.2, -0.15) is 10.5 Å². The number of likely N-dealkylation sites (N-methyl/N-ethyl adjacent to an activating group) is 1. The van der Waals surface area contributed by atoms with Gasteiger partial charge in [-0.3, -0.25) is 4.79 Å². The zero-order valence-corrected chi connectivity index (χ0v) is 10.0. The molecule has 0 aromatic rings. The van der Waals surface area contributed by atoms with Gasteiger partial charge in [-0.15, -0.1) is 0 Å². The predicted molar refractivity (Wildman–Crippen MR) is 62.3 cm³/mol. The minimum absolute atomic E-state index is 0.0530. The first-order valence-corrected chi connectivity index (χ1v) is 5.20. The molecular weight excluding hydrogens is 218 g/mol. The molecule has 0 unspecified atom stereocenters. The van der Waals surface area contributed by atoms with E-state index in [1.807, 2.05) is 11.8 Å². The van der Waals surface area contributed by atoms with Gasteiger partial charge in [0.25, 0.3) is 0 Å². The van der Waals surface area contributed by atoms with Gasteiger partial charge >= 0.3 is 5.97 Å². The van der Waals surface area contributed by atoms with Crippen molar-refractivity contribution in [2.24, 2.45) is 0 Å². The number of hydrogen-bond acceptors (Lipinski definition) is 5. The summed E-state index contributed by atoms with van der Waals surface area (Å²) in [6.07, 6.45) is 4.81. The van der Waals surface area contributed by atoms with Crippen molar-refractivity contribution in [3.8, 4) is 12.1 Å². The van der Waals surface area contributed by atoms with Crippen LogP contribution in [0.5, 0.6) is 0 Å². The van der Waals surface area contributed by atoms with E-state index in [1.165, 1.54) is 13.0 Å². The first-order chi connectivity index (χ1) is 8.13. The number of carbonyl (C=O) groups excluding carboxylic acids is 1. The van der Waals surface area contributed by atoms with Crippen LogP contribution in [0.25, 0.3) is 0 Å². The van der Waals surface area contributed by atoms with Crippen LogP contribution in [-0.2, 0) is 9.53 Å². The Morgan fingerprint density at radius 2 is 2.06 bits per heavy atom. The van der Waals surface area contributed by atoms with Gasteiger partial charge < -0.3 is 9.64 Å². The van der Waals surface area contributed by atoms with Crippen LogP contribution in [0.1, 0.15) is 13.8 Å². The summed E-state index contributed by atoms with van der Waals surface area (Å²) in [5.41, 5.74) is 0.0530. The van der Waals surface area contributed by atoms with Gasteiger partial charge in [-0.1, -0.05) is 0 Å². The lowest BCUT2D eigenvalue weighted by Crippen LogP contribution is -2.22. The summed E-state index contributed by atoms with van der Waals surface area (Å²) in [5, 5.41) is 17.0. The Kier molecular flexibility index (Phi) is 7.79. The highest BCUT2D eigenvalue weighted by Gasteiger charge is 1.97. The average molecular weight is 233 g/mol. The van der Waals surface area contributed by atoms with E-state index < -0.39 is 0 Å². The average Bonchev–Trinajstić information content (AvgIpc) is 2.32. The molecular formula is C12H15N3O2. The van der Waals surface area contributed by atoms with Crippen molar-refractivity contribution in [3.63, 3.8) is 0 Å². The molecule has 0 radical (unpaired) electrons. The number of ether oxygens (including phenoxy) is 1. The van der Waals surface area contributed by atoms with Crippen LogP contribution in [0.3, 0.4) is 0 Å². The van der Waals surface area contributed by atoms with Crippen LogP contribution >= 0.6 is 0 Å². The van der Waals surface area contributed by atoms with Gasteiger partial charge in [-0.25, -0.2) is 0 Å². The first-order valence-electron chi connectivity index (χ1n) is 5.20. The van der Waals surface area contributed by atoms with Crippen LogP contribution in [-0.4, -0.2) is 30.6 Å². The van der Waals surface area contributed by atoms with Crippen molar-refractivity contribution in [2.45, 2.75) is 13.8 Å². The van der Waals surface area contributed by atoms with Gasteiger partial charge in [0.05, 0.1) is 6.54 Å². The third-order valence-corrected chi connectivity index (χ3v) is 1.89. The van der Waals surface area contributed by atoms with Crippen molar-refractivity contribution in [1.82, 2.24) is 4.90 Å². The van der Waals surface area contributed by atoms with Gasteiger partial charge in [0.2, 0.25) is 0 Å². The van der Waals surface area contributed by atoms with Gasteiger partial charge in [-0.05, 0) is 25.3 Å². The van der Waals surface area contributed by atoms with Crippen molar-refractivity contribution < 1.29 is 9.53 Å². The summed E-state index contributed by atoms with van der Waals surface area (Å²) >= 11 is 0. The fourth-order valence-corrected chi connectivity index (χ4v) is 1.01. The third kappa shape index (κ3) is 7.64. The topological polar surface area (TPSA) is 77.1 Å². The minimum atomic E-state index is -0.304. The molecule has 0 rings (SSSR count). The van der Waals surface area contributed by atoms with Crippen LogP contribution in [0.4, 0.5) is 0 Å². The minimum Gasteiger partial charge on any atom is -0.464 e. The van der Waals surface area contributed by atoms with Crippen LogP contribution < -0.4 is 0 Å². The number of esters is 1. The van der Waals surface area contributed by atoms with E-state index in [1.54, 1.807) is 24.4 Å². The van der Waals surface area contributed by atoms with Crippen molar-refractivity contribution >= 4 is 5.97 Å². The maximum atomic E-state index is 10.6. The summed E-state index contributed by atoms with van der Waals surface area (Å²) in [5.74, 6) is -0.304. The molecule has 0 heterocycles. The molecule has 5 heteroatoms. The van der Waals surface area contributed by atoms with Gasteiger partial charge in [0.15, 0.2) is 0 Å². The van der Waals surface area contributed by atoms with Crippen molar-refractivity contribution in [2.75, 3.05) is 19.7 Å². The monoisotopic (exact) mass is 233 g/mol. The Balaban J connectivity index is 4.18. The Bertz CT molecular complexity index is 370. The van der Waals surface area contributed by atoms with Gasteiger partial charge in [0.1, 0.15) is 24.3 Å². The number of rotatable bonds is 6. The predicted octanol–water partition coefficient (Wildman–Crippen LogP) is 1.36. The fourth-order valence-electron chi connectivity index (χ4n) is 1.01. The lowest BCUT2D eigenvalue weighted by Gasteiger charge is -2.17. The summed E-state index contributed by atoms with van der Waals surface area (Å²) in [4.78, 5) is 12.5. The van der Waals surface area contributed by atoms with Crippen molar-refractivity contribution in [3.05, 3.63) is 23.9 Å². The Morgan fingerprint density at radius 1 is 1.41 bits per heavy atom. The summed E-state index contributed by atoms with van der Waals surface area (Å²) in [7, 11) is 0. The number of carbonyl (C=O) groups is 1. The molecule has 0 N–H and O–H groups in total. The molecule has 0 fully saturated rings. The lowest BCUT2D eigenvalue weighted by atomic mass is 10.3. The molecule has 0 aliphatic carbocycles. The molecule has 0 aromatic heterocycles. The van der Waals surface area contributed by atoms with Crippen molar-refractivity contribution in [1.29, 1.82) is 10.5 Å². The van der Waals surface area contributed by atoms with E-state index in [2.05, 4.69) is 0 Å². The summed E-state index contributed by atoms with van der Waals surface area (Å²) in [6, 6.07) is 3.52. The van der Waals surface area contributed by atoms with E-state index in [4.69, 9.17) is 15.3 Å². The van der Waals surface area contributed by atoms with Gasteiger partial charge in [0, 0.05) is 13.5 Å². The van der Waals surface area contributed by atoms with Crippen LogP contribution in [0, 0.1) is 22.7 Å². The van der Waals surface area contributed by atoms with E-state index in [-0.39, 0.29) is 11.5 Å². The summed E-state index contributed by atoms with van der Waals surface area (Å²) in [6.45, 7) is 4.97.